The van der Waals surface area contributed by atoms with Crippen molar-refractivity contribution < 1.29 is 37.4 Å². The zero-order chi connectivity index (χ0) is 35.1. The first-order valence-corrected chi connectivity index (χ1v) is 18.2. The fourth-order valence-corrected chi connectivity index (χ4v) is 8.24. The van der Waals surface area contributed by atoms with E-state index in [9.17, 15) is 22.8 Å². The van der Waals surface area contributed by atoms with Crippen molar-refractivity contribution in [3.8, 4) is 11.1 Å². The maximum atomic E-state index is 14.0. The summed E-state index contributed by atoms with van der Waals surface area (Å²) in [6, 6.07) is 13.0. The quantitative estimate of drug-likeness (QED) is 0.0625. The minimum atomic E-state index is -4.21. The Hall–Kier alpha value is -4.51. The largest absolute Gasteiger partial charge is 0.481 e. The maximum Gasteiger partial charge on any atom is 0.308 e. The number of unbranched alkanes of at least 4 members (excludes halogenated alkanes) is 1. The summed E-state index contributed by atoms with van der Waals surface area (Å²) >= 11 is 1.02. The lowest BCUT2D eigenvalue weighted by Gasteiger charge is -2.30. The second-order valence-electron chi connectivity index (χ2n) is 12.0. The number of carbonyl (C=O) groups excluding carboxylic acids is 2. The molecule has 262 valence electrons. The van der Waals surface area contributed by atoms with Crippen LogP contribution in [-0.4, -0.2) is 74.0 Å². The third kappa shape index (κ3) is 8.94. The predicted molar refractivity (Wildman–Crippen MR) is 184 cm³/mol. The van der Waals surface area contributed by atoms with E-state index in [1.165, 1.54) is 13.2 Å². The fraction of sp³-hybridized carbons (Fsp3) is 0.394. The Labute approximate surface area is 288 Å². The van der Waals surface area contributed by atoms with Crippen molar-refractivity contribution in [1.82, 2.24) is 9.91 Å². The Balaban J connectivity index is 1.36. The van der Waals surface area contributed by atoms with Gasteiger partial charge in [-0.1, -0.05) is 18.2 Å². The number of guanidine groups is 1. The maximum absolute atomic E-state index is 14.0. The minimum Gasteiger partial charge on any atom is -0.481 e. The van der Waals surface area contributed by atoms with Crippen LogP contribution in [0.1, 0.15) is 58.5 Å². The fourth-order valence-electron chi connectivity index (χ4n) is 6.01. The minimum absolute atomic E-state index is 0.0336. The van der Waals surface area contributed by atoms with E-state index in [2.05, 4.69) is 14.7 Å². The number of likely N-dealkylation sites (tertiary alicyclic amines) is 1. The summed E-state index contributed by atoms with van der Waals surface area (Å²) in [5.41, 5.74) is 15.1. The standard InChI is InChI=1S/C33H40N6O8S2/c1-46-32(43)22-8-12-38(13-9-22)18-21-5-4-6-23(15-21)24-16-25-19-47-20-26(25)28(17-24)49(44,45)37-27-10-14-48-30(27)31(42)39(36-33(34)35)11-3-2-7-29(40)41/h4-6,10,14-17,22,37H,2-3,7-9,11-13,18-20H2,1H3,(H,40,41)(H4,34,35,36). The molecule has 14 nitrogen and oxygen atoms in total. The summed E-state index contributed by atoms with van der Waals surface area (Å²) in [6.07, 6.45) is 2.01. The van der Waals surface area contributed by atoms with Crippen molar-refractivity contribution in [1.29, 1.82) is 0 Å². The Morgan fingerprint density at radius 3 is 2.59 bits per heavy atom. The lowest BCUT2D eigenvalue weighted by molar-refractivity contribution is -0.147. The number of benzene rings is 2. The van der Waals surface area contributed by atoms with Crippen LogP contribution in [0.2, 0.25) is 0 Å². The predicted octanol–water partition coefficient (Wildman–Crippen LogP) is 3.52. The molecule has 1 saturated heterocycles. The molecule has 1 fully saturated rings. The van der Waals surface area contributed by atoms with E-state index in [0.29, 0.717) is 30.5 Å². The van der Waals surface area contributed by atoms with Crippen LogP contribution in [0.3, 0.4) is 0 Å². The smallest absolute Gasteiger partial charge is 0.308 e. The van der Waals surface area contributed by atoms with Crippen molar-refractivity contribution in [2.24, 2.45) is 22.5 Å². The third-order valence-electron chi connectivity index (χ3n) is 8.47. The number of esters is 1. The molecule has 49 heavy (non-hydrogen) atoms. The molecule has 1 aromatic heterocycles. The average molecular weight is 713 g/mol. The SMILES string of the molecule is COC(=O)C1CCN(Cc2cccc(-c3cc4c(c(S(=O)(=O)Nc5ccsc5C(=O)N(CCCCC(=O)O)N=C(N)N)c3)COC4)c2)CC1. The van der Waals surface area contributed by atoms with Gasteiger partial charge in [-0.15, -0.1) is 16.4 Å². The van der Waals surface area contributed by atoms with E-state index >= 15 is 0 Å². The molecule has 6 N–H and O–H groups in total. The number of hydrogen-bond acceptors (Lipinski definition) is 10. The number of thiophene rings is 1. The molecule has 3 aromatic rings. The molecule has 1 amide bonds. The number of carbonyl (C=O) groups is 3. The van der Waals surface area contributed by atoms with Crippen molar-refractivity contribution in [2.75, 3.05) is 31.5 Å². The van der Waals surface area contributed by atoms with Crippen molar-refractivity contribution in [2.45, 2.75) is 56.8 Å². The zero-order valence-corrected chi connectivity index (χ0v) is 28.7. The normalized spacial score (nSPS) is 15.0. The molecule has 0 saturated carbocycles. The Morgan fingerprint density at radius 2 is 1.88 bits per heavy atom. The van der Waals surface area contributed by atoms with Gasteiger partial charge in [-0.2, -0.15) is 0 Å². The lowest BCUT2D eigenvalue weighted by Crippen LogP contribution is -2.36. The summed E-state index contributed by atoms with van der Waals surface area (Å²) in [6.45, 7) is 2.65. The number of ether oxygens (including phenoxy) is 2. The lowest BCUT2D eigenvalue weighted by atomic mass is 9.96. The average Bonchev–Trinajstić information content (AvgIpc) is 3.74. The highest BCUT2D eigenvalue weighted by Crippen LogP contribution is 2.35. The van der Waals surface area contributed by atoms with Crippen molar-refractivity contribution >= 4 is 50.9 Å². The van der Waals surface area contributed by atoms with Crippen LogP contribution in [-0.2, 0) is 48.8 Å². The van der Waals surface area contributed by atoms with Crippen LogP contribution in [0.4, 0.5) is 5.69 Å². The van der Waals surface area contributed by atoms with Crippen LogP contribution in [0.25, 0.3) is 11.1 Å². The van der Waals surface area contributed by atoms with Gasteiger partial charge in [0, 0.05) is 25.1 Å². The number of fused-ring (bicyclic) bond motifs is 1. The summed E-state index contributed by atoms with van der Waals surface area (Å²) in [4.78, 5) is 38.7. The summed E-state index contributed by atoms with van der Waals surface area (Å²) in [7, 11) is -2.80. The highest BCUT2D eigenvalue weighted by Gasteiger charge is 2.29. The molecule has 0 aliphatic carbocycles. The number of carboxylic acids is 1. The van der Waals surface area contributed by atoms with E-state index in [-0.39, 0.29) is 59.5 Å². The molecular formula is C33H40N6O8S2. The number of nitrogens with one attached hydrogen (secondary N) is 1. The molecule has 2 aromatic carbocycles. The van der Waals surface area contributed by atoms with E-state index in [0.717, 1.165) is 59.0 Å². The monoisotopic (exact) mass is 712 g/mol. The van der Waals surface area contributed by atoms with Crippen molar-refractivity contribution in [3.63, 3.8) is 0 Å². The van der Waals surface area contributed by atoms with Gasteiger partial charge in [-0.05, 0) is 90.7 Å². The number of carboxylic acid groups (broad SMARTS) is 1. The summed E-state index contributed by atoms with van der Waals surface area (Å²) < 4.78 is 41.2. The molecule has 0 bridgehead atoms. The van der Waals surface area contributed by atoms with Gasteiger partial charge in [-0.3, -0.25) is 24.0 Å². The topological polar surface area (TPSA) is 207 Å². The second kappa shape index (κ2) is 15.8. The van der Waals surface area contributed by atoms with Crippen LogP contribution < -0.4 is 16.2 Å². The van der Waals surface area contributed by atoms with Gasteiger partial charge >= 0.3 is 11.9 Å². The summed E-state index contributed by atoms with van der Waals surface area (Å²) in [5, 5.41) is 15.4. The highest BCUT2D eigenvalue weighted by atomic mass is 32.2. The molecule has 0 unspecified atom stereocenters. The second-order valence-corrected chi connectivity index (χ2v) is 14.5. The van der Waals surface area contributed by atoms with Crippen LogP contribution in [0.5, 0.6) is 0 Å². The molecule has 0 atom stereocenters. The first-order valence-electron chi connectivity index (χ1n) is 15.8. The number of hydrogen-bond donors (Lipinski definition) is 4. The Bertz CT molecular complexity index is 1830. The van der Waals surface area contributed by atoms with Gasteiger partial charge in [0.25, 0.3) is 15.9 Å². The van der Waals surface area contributed by atoms with Gasteiger partial charge in [-0.25, -0.2) is 13.4 Å². The van der Waals surface area contributed by atoms with Crippen LogP contribution in [0, 0.1) is 5.92 Å². The van der Waals surface area contributed by atoms with E-state index < -0.39 is 21.9 Å². The van der Waals surface area contributed by atoms with E-state index in [1.807, 2.05) is 30.3 Å². The first-order chi connectivity index (χ1) is 23.4. The van der Waals surface area contributed by atoms with Gasteiger partial charge < -0.3 is 26.0 Å². The number of aliphatic carboxylic acids is 1. The van der Waals surface area contributed by atoms with Crippen LogP contribution in [0.15, 0.2) is 57.8 Å². The first kappa shape index (κ1) is 35.8. The van der Waals surface area contributed by atoms with Gasteiger partial charge in [0.1, 0.15) is 4.88 Å². The van der Waals surface area contributed by atoms with Gasteiger partial charge in [0.2, 0.25) is 5.96 Å². The third-order valence-corrected chi connectivity index (χ3v) is 10.8. The number of piperidine rings is 1. The Morgan fingerprint density at radius 1 is 1.10 bits per heavy atom. The molecule has 2 aliphatic rings. The number of hydrazone groups is 1. The number of methoxy groups -OCH3 is 1. The number of nitrogens with zero attached hydrogens (tertiary/aromatic N) is 3. The van der Waals surface area contributed by atoms with E-state index in [4.69, 9.17) is 26.0 Å². The number of sulfonamides is 1. The molecule has 5 rings (SSSR count). The summed E-state index contributed by atoms with van der Waals surface area (Å²) in [5.74, 6) is -2.21. The zero-order valence-electron chi connectivity index (χ0n) is 27.1. The van der Waals surface area contributed by atoms with Gasteiger partial charge in [0.15, 0.2) is 0 Å². The van der Waals surface area contributed by atoms with Crippen LogP contribution >= 0.6 is 11.3 Å². The van der Waals surface area contributed by atoms with Crippen molar-refractivity contribution in [3.05, 3.63) is 69.4 Å². The number of anilines is 1. The number of rotatable bonds is 14. The van der Waals surface area contributed by atoms with Gasteiger partial charge in [0.05, 0.1) is 36.8 Å². The molecule has 2 aliphatic heterocycles. The molecule has 16 heteroatoms. The number of amides is 1. The molecular weight excluding hydrogens is 673 g/mol. The number of nitrogens with two attached hydrogens (primary N) is 2. The van der Waals surface area contributed by atoms with E-state index in [1.54, 1.807) is 11.4 Å². The molecule has 0 spiro atoms. The molecule has 0 radical (unpaired) electrons. The molecule has 3 heterocycles. The Kier molecular flexibility index (Phi) is 11.5. The highest BCUT2D eigenvalue weighted by molar-refractivity contribution is 7.92.